The molecule has 6 heteroatoms. The van der Waals surface area contributed by atoms with E-state index < -0.39 is 0 Å². The summed E-state index contributed by atoms with van der Waals surface area (Å²) in [4.78, 5) is 17.6. The number of nitrogens with zero attached hydrogens (tertiary/aromatic N) is 3. The van der Waals surface area contributed by atoms with Crippen molar-refractivity contribution in [3.63, 3.8) is 0 Å². The van der Waals surface area contributed by atoms with Gasteiger partial charge in [-0.1, -0.05) is 6.07 Å². The molecule has 0 fully saturated rings. The Bertz CT molecular complexity index is 1170. The molecule has 3 heterocycles. The summed E-state index contributed by atoms with van der Waals surface area (Å²) >= 11 is 1.81. The average Bonchev–Trinajstić information content (AvgIpc) is 3.22. The predicted octanol–water partition coefficient (Wildman–Crippen LogP) is 4.00. The van der Waals surface area contributed by atoms with Gasteiger partial charge in [0.15, 0.2) is 0 Å². The number of nitrogens with one attached hydrogen (secondary N) is 1. The average molecular weight is 366 g/mol. The Morgan fingerprint density at radius 3 is 2.77 bits per heavy atom. The molecule has 0 saturated heterocycles. The molecule has 3 aromatic heterocycles. The lowest BCUT2D eigenvalue weighted by molar-refractivity contribution is 0.406. The summed E-state index contributed by atoms with van der Waals surface area (Å²) in [6.07, 6.45) is 0. The molecule has 0 aliphatic carbocycles. The van der Waals surface area contributed by atoms with Crippen LogP contribution in [0.4, 0.5) is 0 Å². The molecule has 0 aliphatic rings. The van der Waals surface area contributed by atoms with Crippen molar-refractivity contribution in [3.8, 4) is 10.4 Å². The standard InChI is InChI=1S/C20H22N4OS/c1-5-24-16-8-6-13(17-9-7-14(26-17)11-23(3)4)10-15(16)19-18(20(24)25)12(2)21-22-19/h6-10H,5,11H2,1-4H3,(H,21,22). The molecule has 0 saturated carbocycles. The van der Waals surface area contributed by atoms with Gasteiger partial charge in [-0.3, -0.25) is 9.89 Å². The lowest BCUT2D eigenvalue weighted by Crippen LogP contribution is -2.20. The second kappa shape index (κ2) is 6.37. The van der Waals surface area contributed by atoms with E-state index in [1.807, 2.05) is 35.8 Å². The Morgan fingerprint density at radius 2 is 2.04 bits per heavy atom. The fourth-order valence-corrected chi connectivity index (χ4v) is 4.61. The molecule has 4 aromatic rings. The van der Waals surface area contributed by atoms with Crippen molar-refractivity contribution < 1.29 is 0 Å². The fraction of sp³-hybridized carbons (Fsp3) is 0.300. The number of fused-ring (bicyclic) bond motifs is 3. The monoisotopic (exact) mass is 366 g/mol. The zero-order valence-corrected chi connectivity index (χ0v) is 16.3. The molecular weight excluding hydrogens is 344 g/mol. The molecular formula is C20H22N4OS. The highest BCUT2D eigenvalue weighted by Gasteiger charge is 2.15. The summed E-state index contributed by atoms with van der Waals surface area (Å²) in [5, 5.41) is 9.11. The lowest BCUT2D eigenvalue weighted by atomic mass is 10.1. The topological polar surface area (TPSA) is 53.9 Å². The molecule has 0 amide bonds. The summed E-state index contributed by atoms with van der Waals surface area (Å²) in [5.41, 5.74) is 3.71. The molecule has 1 N–H and O–H groups in total. The van der Waals surface area contributed by atoms with Crippen LogP contribution in [0.5, 0.6) is 0 Å². The van der Waals surface area contributed by atoms with E-state index in [-0.39, 0.29) is 5.56 Å². The van der Waals surface area contributed by atoms with Gasteiger partial charge in [-0.05, 0) is 57.8 Å². The number of rotatable bonds is 4. The third kappa shape index (κ3) is 2.66. The van der Waals surface area contributed by atoms with Crippen LogP contribution < -0.4 is 5.56 Å². The summed E-state index contributed by atoms with van der Waals surface area (Å²) in [6.45, 7) is 5.49. The highest BCUT2D eigenvalue weighted by atomic mass is 32.1. The first-order chi connectivity index (χ1) is 12.5. The summed E-state index contributed by atoms with van der Waals surface area (Å²) < 4.78 is 1.83. The maximum absolute atomic E-state index is 12.8. The van der Waals surface area contributed by atoms with Crippen LogP contribution in [-0.2, 0) is 13.1 Å². The van der Waals surface area contributed by atoms with Gasteiger partial charge in [0.1, 0.15) is 5.52 Å². The van der Waals surface area contributed by atoms with Crippen LogP contribution in [0.2, 0.25) is 0 Å². The van der Waals surface area contributed by atoms with Crippen molar-refractivity contribution in [2.45, 2.75) is 26.9 Å². The van der Waals surface area contributed by atoms with Crippen molar-refractivity contribution in [2.75, 3.05) is 14.1 Å². The maximum atomic E-state index is 12.8. The van der Waals surface area contributed by atoms with Crippen LogP contribution in [0.3, 0.4) is 0 Å². The van der Waals surface area contributed by atoms with E-state index in [4.69, 9.17) is 0 Å². The predicted molar refractivity (Wildman–Crippen MR) is 109 cm³/mol. The molecule has 0 aliphatic heterocycles. The van der Waals surface area contributed by atoms with Gasteiger partial charge in [-0.25, -0.2) is 0 Å². The number of H-pyrrole nitrogens is 1. The second-order valence-electron chi connectivity index (χ2n) is 6.86. The molecule has 4 rings (SSSR count). The van der Waals surface area contributed by atoms with Crippen molar-refractivity contribution >= 4 is 33.1 Å². The van der Waals surface area contributed by atoms with Gasteiger partial charge in [0.05, 0.1) is 10.9 Å². The molecule has 1 aromatic carbocycles. The summed E-state index contributed by atoms with van der Waals surface area (Å²) in [6, 6.07) is 10.7. The van der Waals surface area contributed by atoms with Gasteiger partial charge in [0.25, 0.3) is 5.56 Å². The van der Waals surface area contributed by atoms with Crippen LogP contribution in [0.25, 0.3) is 32.2 Å². The molecule has 26 heavy (non-hydrogen) atoms. The van der Waals surface area contributed by atoms with E-state index in [2.05, 4.69) is 53.5 Å². The van der Waals surface area contributed by atoms with Gasteiger partial charge < -0.3 is 9.47 Å². The third-order valence-electron chi connectivity index (χ3n) is 4.68. The minimum absolute atomic E-state index is 0.0263. The molecule has 0 bridgehead atoms. The minimum atomic E-state index is 0.0263. The number of pyridine rings is 1. The number of aromatic nitrogens is 3. The second-order valence-corrected chi connectivity index (χ2v) is 8.03. The molecule has 0 unspecified atom stereocenters. The molecule has 0 radical (unpaired) electrons. The number of aryl methyl sites for hydroxylation is 2. The van der Waals surface area contributed by atoms with Gasteiger partial charge in [-0.2, -0.15) is 5.10 Å². The zero-order valence-electron chi connectivity index (χ0n) is 15.5. The zero-order chi connectivity index (χ0) is 18.4. The van der Waals surface area contributed by atoms with Crippen LogP contribution in [0.15, 0.2) is 35.1 Å². The number of aromatic amines is 1. The van der Waals surface area contributed by atoms with Crippen LogP contribution in [-0.4, -0.2) is 33.8 Å². The fourth-order valence-electron chi connectivity index (χ4n) is 3.49. The largest absolute Gasteiger partial charge is 0.308 e. The van der Waals surface area contributed by atoms with Gasteiger partial charge in [0.2, 0.25) is 0 Å². The van der Waals surface area contributed by atoms with Gasteiger partial charge in [0, 0.05) is 33.9 Å². The quantitative estimate of drug-likeness (QED) is 0.594. The molecule has 5 nitrogen and oxygen atoms in total. The number of thiophene rings is 1. The Kier molecular flexibility index (Phi) is 4.17. The normalized spacial score (nSPS) is 11.9. The highest BCUT2D eigenvalue weighted by molar-refractivity contribution is 7.15. The van der Waals surface area contributed by atoms with Crippen LogP contribution in [0, 0.1) is 6.92 Å². The Hall–Kier alpha value is -2.44. The molecule has 134 valence electrons. The Morgan fingerprint density at radius 1 is 1.23 bits per heavy atom. The lowest BCUT2D eigenvalue weighted by Gasteiger charge is -2.10. The SMILES string of the molecule is CCn1c(=O)c2c(C)[nH]nc2c2cc(-c3ccc(CN(C)C)s3)ccc21. The number of benzene rings is 1. The first-order valence-electron chi connectivity index (χ1n) is 8.74. The van der Waals surface area contributed by atoms with E-state index in [9.17, 15) is 4.79 Å². The minimum Gasteiger partial charge on any atom is -0.308 e. The Balaban J connectivity index is 1.95. The highest BCUT2D eigenvalue weighted by Crippen LogP contribution is 2.32. The van der Waals surface area contributed by atoms with Gasteiger partial charge in [-0.15, -0.1) is 11.3 Å². The summed E-state index contributed by atoms with van der Waals surface area (Å²) in [5.74, 6) is 0. The first kappa shape index (κ1) is 17.0. The smallest absolute Gasteiger partial charge is 0.262 e. The van der Waals surface area contributed by atoms with Crippen LogP contribution in [0.1, 0.15) is 17.5 Å². The van der Waals surface area contributed by atoms with Crippen molar-refractivity contribution in [3.05, 3.63) is 51.3 Å². The molecule has 0 atom stereocenters. The van der Waals surface area contributed by atoms with Crippen molar-refractivity contribution in [1.29, 1.82) is 0 Å². The maximum Gasteiger partial charge on any atom is 0.262 e. The number of hydrogen-bond acceptors (Lipinski definition) is 4. The first-order valence-corrected chi connectivity index (χ1v) is 9.56. The van der Waals surface area contributed by atoms with Gasteiger partial charge >= 0.3 is 0 Å². The summed E-state index contributed by atoms with van der Waals surface area (Å²) in [7, 11) is 4.16. The Labute approximate surface area is 155 Å². The third-order valence-corrected chi connectivity index (χ3v) is 5.80. The molecule has 0 spiro atoms. The van der Waals surface area contributed by atoms with E-state index >= 15 is 0 Å². The van der Waals surface area contributed by atoms with E-state index in [0.29, 0.717) is 11.9 Å². The van der Waals surface area contributed by atoms with E-state index in [1.165, 1.54) is 9.75 Å². The number of hydrogen-bond donors (Lipinski definition) is 1. The van der Waals surface area contributed by atoms with Crippen LogP contribution >= 0.6 is 11.3 Å². The van der Waals surface area contributed by atoms with E-state index in [1.54, 1.807) is 0 Å². The van der Waals surface area contributed by atoms with E-state index in [0.717, 1.165) is 34.2 Å². The van der Waals surface area contributed by atoms with Crippen molar-refractivity contribution in [1.82, 2.24) is 19.7 Å². The van der Waals surface area contributed by atoms with Crippen molar-refractivity contribution in [2.24, 2.45) is 0 Å².